The van der Waals surface area contributed by atoms with Crippen molar-refractivity contribution in [1.82, 2.24) is 0 Å². The van der Waals surface area contributed by atoms with Gasteiger partial charge in [-0.15, -0.1) is 0 Å². The Morgan fingerprint density at radius 2 is 1.10 bits per heavy atom. The largest absolute Gasteiger partial charge is 0.330 e. The lowest BCUT2D eigenvalue weighted by atomic mass is 10.1. The van der Waals surface area contributed by atoms with Crippen molar-refractivity contribution in [2.45, 2.75) is 104 Å². The van der Waals surface area contributed by atoms with Crippen molar-refractivity contribution in [3.63, 3.8) is 0 Å². The van der Waals surface area contributed by atoms with Crippen LogP contribution in [0.1, 0.15) is 104 Å². The van der Waals surface area contributed by atoms with Gasteiger partial charge in [-0.1, -0.05) is 90.2 Å². The Kier molecular flexibility index (Phi) is 26.1. The molecule has 0 heterocycles. The molecule has 0 aliphatic carbocycles. The van der Waals surface area contributed by atoms with Crippen LogP contribution in [0.2, 0.25) is 0 Å². The smallest absolute Gasteiger partial charge is 0.00773 e. The van der Waals surface area contributed by atoms with E-state index in [0.29, 0.717) is 0 Å². The van der Waals surface area contributed by atoms with Gasteiger partial charge in [0.1, 0.15) is 0 Å². The van der Waals surface area contributed by atoms with Crippen molar-refractivity contribution in [1.29, 1.82) is 0 Å². The van der Waals surface area contributed by atoms with Gasteiger partial charge < -0.3 is 5.73 Å². The number of hydrogen-bond donors (Lipinski definition) is 1. The van der Waals surface area contributed by atoms with Crippen LogP contribution < -0.4 is 5.73 Å². The summed E-state index contributed by atoms with van der Waals surface area (Å²) >= 11 is 0. The van der Waals surface area contributed by atoms with Gasteiger partial charge in [0.15, 0.2) is 0 Å². The quantitative estimate of drug-likeness (QED) is 0.298. The van der Waals surface area contributed by atoms with Gasteiger partial charge in [-0.3, -0.25) is 0 Å². The molecule has 0 aromatic heterocycles. The van der Waals surface area contributed by atoms with Crippen molar-refractivity contribution in [2.24, 2.45) is 5.73 Å². The average molecular weight is 284 g/mol. The minimum absolute atomic E-state index is 0.870. The summed E-state index contributed by atoms with van der Waals surface area (Å²) < 4.78 is 0. The van der Waals surface area contributed by atoms with Gasteiger partial charge >= 0.3 is 0 Å². The zero-order valence-electron chi connectivity index (χ0n) is 14.6. The second-order valence-corrected chi connectivity index (χ2v) is 5.68. The van der Waals surface area contributed by atoms with E-state index in [-0.39, 0.29) is 0 Å². The van der Waals surface area contributed by atoms with Crippen LogP contribution in [0, 0.1) is 0 Å². The van der Waals surface area contributed by atoms with E-state index in [4.69, 9.17) is 5.73 Å². The maximum atomic E-state index is 5.39. The second-order valence-electron chi connectivity index (χ2n) is 5.68. The van der Waals surface area contributed by atoms with E-state index in [1.54, 1.807) is 0 Å². The third kappa shape index (κ3) is 26.3. The molecule has 0 rings (SSSR count). The molecule has 0 amide bonds. The molecule has 20 heavy (non-hydrogen) atoms. The molecule has 0 radical (unpaired) electrons. The van der Waals surface area contributed by atoms with Gasteiger partial charge in [-0.25, -0.2) is 0 Å². The third-order valence-electron chi connectivity index (χ3n) is 3.52. The van der Waals surface area contributed by atoms with Crippen molar-refractivity contribution >= 4 is 0 Å². The Morgan fingerprint density at radius 1 is 0.650 bits per heavy atom. The molecular formula is C19H41N. The molecule has 0 spiro atoms. The maximum absolute atomic E-state index is 5.39. The molecule has 0 fully saturated rings. The van der Waals surface area contributed by atoms with Crippen LogP contribution in [0.15, 0.2) is 12.2 Å². The summed E-state index contributed by atoms with van der Waals surface area (Å²) in [4.78, 5) is 0. The van der Waals surface area contributed by atoms with Crippen molar-refractivity contribution in [3.05, 3.63) is 12.2 Å². The fraction of sp³-hybridized carbons (Fsp3) is 0.895. The van der Waals surface area contributed by atoms with E-state index < -0.39 is 0 Å². The van der Waals surface area contributed by atoms with Gasteiger partial charge in [0, 0.05) is 0 Å². The number of unbranched alkanes of at least 4 members (excludes halogenated alkanes) is 11. The molecule has 0 aromatic rings. The molecule has 0 saturated heterocycles. The van der Waals surface area contributed by atoms with Crippen LogP contribution in [0.3, 0.4) is 0 Å². The standard InChI is InChI=1S/C10H23N.C9H18/c1-2-3-4-5-6-7-8-9-10-11;1-3-5-7-9-8-6-4-2/h2-11H2,1H3;3,5H,4,6-9H2,1-2H3. The van der Waals surface area contributed by atoms with Gasteiger partial charge in [0.25, 0.3) is 0 Å². The van der Waals surface area contributed by atoms with Crippen LogP contribution in [0.25, 0.3) is 0 Å². The molecule has 0 aliphatic heterocycles. The topological polar surface area (TPSA) is 26.0 Å². The van der Waals surface area contributed by atoms with Crippen molar-refractivity contribution in [3.8, 4) is 0 Å². The summed E-state index contributed by atoms with van der Waals surface area (Å²) in [5.74, 6) is 0. The van der Waals surface area contributed by atoms with Crippen molar-refractivity contribution < 1.29 is 0 Å². The molecule has 1 heteroatoms. The fourth-order valence-corrected chi connectivity index (χ4v) is 2.13. The van der Waals surface area contributed by atoms with Gasteiger partial charge in [0.05, 0.1) is 0 Å². The van der Waals surface area contributed by atoms with E-state index >= 15 is 0 Å². The van der Waals surface area contributed by atoms with Crippen LogP contribution in [-0.4, -0.2) is 6.54 Å². The lowest BCUT2D eigenvalue weighted by Crippen LogP contribution is -1.97. The van der Waals surface area contributed by atoms with Crippen molar-refractivity contribution in [2.75, 3.05) is 6.54 Å². The number of allylic oxidation sites excluding steroid dienone is 2. The van der Waals surface area contributed by atoms with Crippen LogP contribution in [0.4, 0.5) is 0 Å². The van der Waals surface area contributed by atoms with Gasteiger partial charge in [0.2, 0.25) is 0 Å². The minimum Gasteiger partial charge on any atom is -0.330 e. The maximum Gasteiger partial charge on any atom is -0.00773 e. The summed E-state index contributed by atoms with van der Waals surface area (Å²) in [5, 5.41) is 0. The zero-order valence-corrected chi connectivity index (χ0v) is 14.6. The van der Waals surface area contributed by atoms with E-state index in [0.717, 1.165) is 6.54 Å². The Morgan fingerprint density at radius 3 is 1.55 bits per heavy atom. The van der Waals surface area contributed by atoms with Gasteiger partial charge in [-0.2, -0.15) is 0 Å². The predicted molar refractivity (Wildman–Crippen MR) is 95.2 cm³/mol. The molecule has 1 nitrogen and oxygen atoms in total. The molecule has 0 bridgehead atoms. The Hall–Kier alpha value is -0.300. The zero-order chi connectivity index (χ0) is 15.3. The minimum atomic E-state index is 0.870. The Labute approximate surface area is 129 Å². The average Bonchev–Trinajstić information content (AvgIpc) is 2.47. The molecule has 0 unspecified atom stereocenters. The van der Waals surface area contributed by atoms with E-state index in [2.05, 4.69) is 32.9 Å². The molecular weight excluding hydrogens is 242 g/mol. The molecule has 0 aliphatic rings. The summed E-state index contributed by atoms with van der Waals surface area (Å²) in [6.45, 7) is 7.46. The molecule has 0 atom stereocenters. The molecule has 0 saturated carbocycles. The molecule has 122 valence electrons. The number of nitrogens with two attached hydrogens (primary N) is 1. The highest BCUT2D eigenvalue weighted by atomic mass is 14.5. The molecule has 2 N–H and O–H groups in total. The number of rotatable bonds is 13. The highest BCUT2D eigenvalue weighted by Crippen LogP contribution is 2.07. The van der Waals surface area contributed by atoms with Gasteiger partial charge in [-0.05, 0) is 32.7 Å². The lowest BCUT2D eigenvalue weighted by Gasteiger charge is -1.99. The highest BCUT2D eigenvalue weighted by molar-refractivity contribution is 4.75. The second kappa shape index (κ2) is 23.8. The first kappa shape index (κ1) is 22.0. The summed E-state index contributed by atoms with van der Waals surface area (Å²) in [5.41, 5.74) is 5.39. The SMILES string of the molecule is CC=CCCCCCC.CCCCCCCCCCN. The first-order valence-electron chi connectivity index (χ1n) is 9.14. The normalized spacial score (nSPS) is 10.6. The Balaban J connectivity index is 0. The third-order valence-corrected chi connectivity index (χ3v) is 3.52. The van der Waals surface area contributed by atoms with Crippen LogP contribution >= 0.6 is 0 Å². The van der Waals surface area contributed by atoms with E-state index in [1.165, 1.54) is 83.5 Å². The number of hydrogen-bond acceptors (Lipinski definition) is 1. The predicted octanol–water partition coefficient (Wildman–Crippen LogP) is 6.62. The molecule has 0 aromatic carbocycles. The highest BCUT2D eigenvalue weighted by Gasteiger charge is 1.89. The van der Waals surface area contributed by atoms with Crippen LogP contribution in [-0.2, 0) is 0 Å². The van der Waals surface area contributed by atoms with E-state index in [1.807, 2.05) is 0 Å². The first-order valence-corrected chi connectivity index (χ1v) is 9.14. The lowest BCUT2D eigenvalue weighted by molar-refractivity contribution is 0.578. The summed E-state index contributed by atoms with van der Waals surface area (Å²) in [6.07, 6.45) is 22.2. The summed E-state index contributed by atoms with van der Waals surface area (Å²) in [6, 6.07) is 0. The Bertz CT molecular complexity index is 155. The fourth-order valence-electron chi connectivity index (χ4n) is 2.13. The van der Waals surface area contributed by atoms with E-state index in [9.17, 15) is 0 Å². The summed E-state index contributed by atoms with van der Waals surface area (Å²) in [7, 11) is 0. The van der Waals surface area contributed by atoms with Crippen LogP contribution in [0.5, 0.6) is 0 Å². The first-order chi connectivity index (χ1) is 9.83. The monoisotopic (exact) mass is 283 g/mol.